The molecule has 2 fully saturated rings. The average molecular weight is 404 g/mol. The van der Waals surface area contributed by atoms with E-state index in [1.807, 2.05) is 37.3 Å². The number of pyridine rings is 1. The van der Waals surface area contributed by atoms with Crippen LogP contribution in [-0.4, -0.2) is 45.1 Å². The number of rotatable bonds is 4. The van der Waals surface area contributed by atoms with E-state index in [1.54, 1.807) is 19.5 Å². The van der Waals surface area contributed by atoms with Crippen LogP contribution in [0.2, 0.25) is 0 Å². The summed E-state index contributed by atoms with van der Waals surface area (Å²) in [6.45, 7) is 1.94. The maximum Gasteiger partial charge on any atom is 0.254 e. The van der Waals surface area contributed by atoms with Crippen molar-refractivity contribution in [1.82, 2.24) is 20.0 Å². The summed E-state index contributed by atoms with van der Waals surface area (Å²) >= 11 is 0. The summed E-state index contributed by atoms with van der Waals surface area (Å²) in [4.78, 5) is 24.1. The molecule has 0 spiro atoms. The van der Waals surface area contributed by atoms with Crippen molar-refractivity contribution >= 4 is 5.91 Å². The summed E-state index contributed by atoms with van der Waals surface area (Å²) < 4.78 is 11.0. The second-order valence-corrected chi connectivity index (χ2v) is 8.09. The fraction of sp³-hybridized carbons (Fsp3) is 0.391. The van der Waals surface area contributed by atoms with Crippen LogP contribution in [-0.2, 0) is 0 Å². The van der Waals surface area contributed by atoms with E-state index in [0.29, 0.717) is 11.7 Å². The van der Waals surface area contributed by atoms with E-state index in [2.05, 4.69) is 20.0 Å². The van der Waals surface area contributed by atoms with E-state index in [0.717, 1.165) is 48.1 Å². The van der Waals surface area contributed by atoms with Crippen LogP contribution < -0.4 is 4.74 Å². The van der Waals surface area contributed by atoms with Gasteiger partial charge in [0.1, 0.15) is 5.75 Å². The molecule has 7 heteroatoms. The van der Waals surface area contributed by atoms with E-state index in [9.17, 15) is 4.79 Å². The molecule has 0 aliphatic carbocycles. The minimum absolute atomic E-state index is 0.0975. The zero-order valence-electron chi connectivity index (χ0n) is 17.1. The molecular weight excluding hydrogens is 380 g/mol. The molecule has 7 nitrogen and oxygen atoms in total. The zero-order chi connectivity index (χ0) is 20.7. The Bertz CT molecular complexity index is 1050. The Hall–Kier alpha value is -3.22. The van der Waals surface area contributed by atoms with Gasteiger partial charge in [0.15, 0.2) is 0 Å². The van der Waals surface area contributed by atoms with Gasteiger partial charge in [0.05, 0.1) is 7.11 Å². The van der Waals surface area contributed by atoms with Crippen LogP contribution in [0.4, 0.5) is 0 Å². The van der Waals surface area contributed by atoms with Gasteiger partial charge in [-0.25, -0.2) is 0 Å². The summed E-state index contributed by atoms with van der Waals surface area (Å²) in [6, 6.07) is 9.80. The van der Waals surface area contributed by atoms with Crippen molar-refractivity contribution in [3.63, 3.8) is 0 Å². The molecule has 1 amide bonds. The first-order valence-electron chi connectivity index (χ1n) is 10.4. The Morgan fingerprint density at radius 1 is 1.13 bits per heavy atom. The van der Waals surface area contributed by atoms with Crippen LogP contribution in [0.3, 0.4) is 0 Å². The molecule has 1 aromatic carbocycles. The number of ether oxygens (including phenoxy) is 1. The Balaban J connectivity index is 1.36. The molecule has 30 heavy (non-hydrogen) atoms. The van der Waals surface area contributed by atoms with Gasteiger partial charge in [0.2, 0.25) is 11.7 Å². The van der Waals surface area contributed by atoms with Crippen molar-refractivity contribution < 1.29 is 14.1 Å². The smallest absolute Gasteiger partial charge is 0.254 e. The summed E-state index contributed by atoms with van der Waals surface area (Å²) in [5.74, 6) is 2.28. The molecule has 0 saturated carbocycles. The van der Waals surface area contributed by atoms with E-state index in [-0.39, 0.29) is 23.9 Å². The monoisotopic (exact) mass is 404 g/mol. The lowest BCUT2D eigenvalue weighted by Gasteiger charge is -2.38. The molecule has 5 rings (SSSR count). The van der Waals surface area contributed by atoms with Gasteiger partial charge in [-0.1, -0.05) is 11.2 Å². The summed E-state index contributed by atoms with van der Waals surface area (Å²) in [5.41, 5.74) is 2.51. The van der Waals surface area contributed by atoms with Gasteiger partial charge in [0, 0.05) is 47.1 Å². The van der Waals surface area contributed by atoms with Gasteiger partial charge >= 0.3 is 0 Å². The molecule has 4 heterocycles. The van der Waals surface area contributed by atoms with Gasteiger partial charge in [0.25, 0.3) is 5.91 Å². The molecule has 3 aromatic rings. The molecule has 2 aliphatic rings. The van der Waals surface area contributed by atoms with Crippen molar-refractivity contribution in [1.29, 1.82) is 0 Å². The lowest BCUT2D eigenvalue weighted by molar-refractivity contribution is 0.0554. The Kier molecular flexibility index (Phi) is 4.73. The number of hydrogen-bond donors (Lipinski definition) is 0. The molecule has 0 radical (unpaired) electrons. The van der Waals surface area contributed by atoms with Crippen molar-refractivity contribution in [3.8, 4) is 17.1 Å². The van der Waals surface area contributed by atoms with Crippen molar-refractivity contribution in [2.45, 2.75) is 50.6 Å². The van der Waals surface area contributed by atoms with E-state index in [1.165, 1.54) is 0 Å². The van der Waals surface area contributed by atoms with Crippen LogP contribution >= 0.6 is 0 Å². The number of piperidine rings is 1. The number of nitrogens with zero attached hydrogens (tertiary/aromatic N) is 4. The predicted molar refractivity (Wildman–Crippen MR) is 110 cm³/mol. The Morgan fingerprint density at radius 3 is 2.57 bits per heavy atom. The third-order valence-corrected chi connectivity index (χ3v) is 6.43. The minimum atomic E-state index is 0.0975. The average Bonchev–Trinajstić information content (AvgIpc) is 3.37. The molecule has 2 aliphatic heterocycles. The topological polar surface area (TPSA) is 81.4 Å². The van der Waals surface area contributed by atoms with Gasteiger partial charge < -0.3 is 14.2 Å². The second-order valence-electron chi connectivity index (χ2n) is 8.09. The molecule has 2 bridgehead atoms. The molecule has 3 atom stereocenters. The number of amides is 1. The van der Waals surface area contributed by atoms with Crippen LogP contribution in [0.1, 0.15) is 53.4 Å². The summed E-state index contributed by atoms with van der Waals surface area (Å²) in [7, 11) is 1.64. The van der Waals surface area contributed by atoms with Crippen LogP contribution in [0, 0.1) is 6.92 Å². The SMILES string of the molecule is COc1cccc(C(=O)N2[C@@H]3CC[C@H]2CC(c2nc(-c4ccncc4)no2)C3)c1C. The molecule has 2 aromatic heterocycles. The van der Waals surface area contributed by atoms with Gasteiger partial charge in [-0.2, -0.15) is 4.98 Å². The Morgan fingerprint density at radius 2 is 1.87 bits per heavy atom. The number of fused-ring (bicyclic) bond motifs is 2. The largest absolute Gasteiger partial charge is 0.496 e. The lowest BCUT2D eigenvalue weighted by Crippen LogP contribution is -2.46. The first-order valence-corrected chi connectivity index (χ1v) is 10.4. The van der Waals surface area contributed by atoms with Crippen LogP contribution in [0.5, 0.6) is 5.75 Å². The first kappa shape index (κ1) is 18.8. The standard InChI is InChI=1S/C23H24N4O3/c1-14-19(4-3-5-20(14)29-2)23(28)27-17-6-7-18(27)13-16(12-17)22-25-21(26-30-22)15-8-10-24-11-9-15/h3-5,8-11,16-18H,6-7,12-13H2,1-2H3/t16?,17-,18+. The number of benzene rings is 1. The lowest BCUT2D eigenvalue weighted by atomic mass is 9.89. The molecule has 0 N–H and O–H groups in total. The fourth-order valence-electron chi connectivity index (χ4n) is 4.94. The highest BCUT2D eigenvalue weighted by molar-refractivity contribution is 5.97. The van der Waals surface area contributed by atoms with E-state index < -0.39 is 0 Å². The van der Waals surface area contributed by atoms with E-state index in [4.69, 9.17) is 9.26 Å². The summed E-state index contributed by atoms with van der Waals surface area (Å²) in [5, 5.41) is 4.16. The van der Waals surface area contributed by atoms with E-state index >= 15 is 0 Å². The third-order valence-electron chi connectivity index (χ3n) is 6.43. The van der Waals surface area contributed by atoms with Crippen molar-refractivity contribution in [2.24, 2.45) is 0 Å². The van der Waals surface area contributed by atoms with Crippen LogP contribution in [0.15, 0.2) is 47.2 Å². The first-order chi connectivity index (χ1) is 14.7. The van der Waals surface area contributed by atoms with Crippen molar-refractivity contribution in [3.05, 3.63) is 59.7 Å². The molecular formula is C23H24N4O3. The molecule has 1 unspecified atom stereocenters. The normalized spacial score (nSPS) is 22.9. The molecule has 2 saturated heterocycles. The van der Waals surface area contributed by atoms with Crippen molar-refractivity contribution in [2.75, 3.05) is 7.11 Å². The van der Waals surface area contributed by atoms with Gasteiger partial charge in [-0.15, -0.1) is 0 Å². The maximum atomic E-state index is 13.4. The minimum Gasteiger partial charge on any atom is -0.496 e. The quantitative estimate of drug-likeness (QED) is 0.654. The van der Waals surface area contributed by atoms with Gasteiger partial charge in [-0.05, 0) is 56.9 Å². The number of carbonyl (C=O) groups excluding carboxylic acids is 1. The van der Waals surface area contributed by atoms with Gasteiger partial charge in [-0.3, -0.25) is 9.78 Å². The second kappa shape index (κ2) is 7.55. The Labute approximate surface area is 175 Å². The highest BCUT2D eigenvalue weighted by atomic mass is 16.5. The zero-order valence-corrected chi connectivity index (χ0v) is 17.1. The number of aromatic nitrogens is 3. The fourth-order valence-corrected chi connectivity index (χ4v) is 4.94. The maximum absolute atomic E-state index is 13.4. The highest BCUT2D eigenvalue weighted by Gasteiger charge is 2.45. The predicted octanol–water partition coefficient (Wildman–Crippen LogP) is 4.00. The highest BCUT2D eigenvalue weighted by Crippen LogP contribution is 2.44. The summed E-state index contributed by atoms with van der Waals surface area (Å²) in [6.07, 6.45) is 7.17. The number of hydrogen-bond acceptors (Lipinski definition) is 6. The number of methoxy groups -OCH3 is 1. The number of carbonyl (C=O) groups is 1. The van der Waals surface area contributed by atoms with Crippen LogP contribution in [0.25, 0.3) is 11.4 Å². The third kappa shape index (κ3) is 3.14. The molecule has 154 valence electrons.